The summed E-state index contributed by atoms with van der Waals surface area (Å²) in [6.45, 7) is 8.30. The molecule has 1 N–H and O–H groups in total. The van der Waals surface area contributed by atoms with Crippen LogP contribution in [-0.2, 0) is 4.79 Å². The molecular weight excluding hydrogens is 314 g/mol. The van der Waals surface area contributed by atoms with Crippen LogP contribution in [0.5, 0.6) is 11.5 Å². The van der Waals surface area contributed by atoms with Gasteiger partial charge < -0.3 is 14.8 Å². The van der Waals surface area contributed by atoms with Crippen molar-refractivity contribution in [1.29, 1.82) is 0 Å². The molecule has 0 aromatic heterocycles. The van der Waals surface area contributed by atoms with Gasteiger partial charge in [-0.2, -0.15) is 0 Å². The summed E-state index contributed by atoms with van der Waals surface area (Å²) >= 11 is 0. The molecule has 2 aromatic rings. The van der Waals surface area contributed by atoms with E-state index in [0.29, 0.717) is 18.8 Å². The summed E-state index contributed by atoms with van der Waals surface area (Å²) in [7, 11) is 0. The highest BCUT2D eigenvalue weighted by atomic mass is 16.5. The molecule has 0 aliphatic heterocycles. The Kier molecular flexibility index (Phi) is 6.87. The number of hydrogen-bond donors (Lipinski definition) is 1. The molecule has 25 heavy (non-hydrogen) atoms. The number of nitrogens with one attached hydrogen (secondary N) is 1. The van der Waals surface area contributed by atoms with Crippen LogP contribution in [0.4, 0.5) is 0 Å². The zero-order chi connectivity index (χ0) is 18.2. The lowest BCUT2D eigenvalue weighted by Crippen LogP contribution is -2.44. The lowest BCUT2D eigenvalue weighted by molar-refractivity contribution is -0.128. The zero-order valence-electron chi connectivity index (χ0n) is 15.4. The van der Waals surface area contributed by atoms with E-state index in [1.165, 1.54) is 5.56 Å². The average molecular weight is 341 g/mol. The summed E-state index contributed by atoms with van der Waals surface area (Å²) in [6, 6.07) is 15.5. The molecule has 0 bridgehead atoms. The minimum Gasteiger partial charge on any atom is -0.491 e. The van der Waals surface area contributed by atoms with Crippen molar-refractivity contribution in [2.75, 3.05) is 6.61 Å². The first-order valence-electron chi connectivity index (χ1n) is 8.71. The summed E-state index contributed by atoms with van der Waals surface area (Å²) in [5.41, 5.74) is 2.29. The van der Waals surface area contributed by atoms with Gasteiger partial charge >= 0.3 is 0 Å². The lowest BCUT2D eigenvalue weighted by atomic mass is 10.2. The molecule has 2 rings (SSSR count). The van der Waals surface area contributed by atoms with Gasteiger partial charge in [-0.05, 0) is 57.0 Å². The van der Waals surface area contributed by atoms with Crippen molar-refractivity contribution in [2.24, 2.45) is 0 Å². The van der Waals surface area contributed by atoms with Crippen molar-refractivity contribution in [1.82, 2.24) is 5.32 Å². The van der Waals surface area contributed by atoms with E-state index >= 15 is 0 Å². The number of rotatable bonds is 8. The van der Waals surface area contributed by atoms with Crippen LogP contribution in [0.3, 0.4) is 0 Å². The van der Waals surface area contributed by atoms with Crippen LogP contribution in [0.2, 0.25) is 0 Å². The van der Waals surface area contributed by atoms with Gasteiger partial charge in [0.2, 0.25) is 0 Å². The Morgan fingerprint density at radius 1 is 1.04 bits per heavy atom. The molecular formula is C21H27NO3. The van der Waals surface area contributed by atoms with Crippen molar-refractivity contribution < 1.29 is 14.3 Å². The van der Waals surface area contributed by atoms with Crippen LogP contribution < -0.4 is 14.8 Å². The number of ether oxygens (including phenoxy) is 2. The maximum absolute atomic E-state index is 12.4. The van der Waals surface area contributed by atoms with E-state index in [-0.39, 0.29) is 11.9 Å². The van der Waals surface area contributed by atoms with E-state index in [2.05, 4.69) is 5.32 Å². The minimum absolute atomic E-state index is 0.107. The second-order valence-corrected chi connectivity index (χ2v) is 6.36. The fourth-order valence-electron chi connectivity index (χ4n) is 2.41. The summed E-state index contributed by atoms with van der Waals surface area (Å²) < 4.78 is 11.5. The van der Waals surface area contributed by atoms with Crippen molar-refractivity contribution in [3.8, 4) is 11.5 Å². The molecule has 0 fully saturated rings. The molecule has 1 amide bonds. The molecule has 0 aliphatic rings. The number of benzene rings is 2. The molecule has 0 heterocycles. The Labute approximate surface area is 150 Å². The SMILES string of the molecule is CC[C@H](Oc1cccc(C)c1)C(=O)N[C@@H](C)COc1ccc(C)cc1. The van der Waals surface area contributed by atoms with Crippen LogP contribution in [0.15, 0.2) is 48.5 Å². The van der Waals surface area contributed by atoms with E-state index < -0.39 is 6.10 Å². The monoisotopic (exact) mass is 341 g/mol. The Hall–Kier alpha value is -2.49. The molecule has 0 spiro atoms. The largest absolute Gasteiger partial charge is 0.491 e. The van der Waals surface area contributed by atoms with Crippen molar-refractivity contribution in [3.05, 3.63) is 59.7 Å². The Morgan fingerprint density at radius 3 is 2.40 bits per heavy atom. The maximum Gasteiger partial charge on any atom is 0.261 e. The third-order valence-corrected chi connectivity index (χ3v) is 3.84. The smallest absolute Gasteiger partial charge is 0.261 e. The van der Waals surface area contributed by atoms with Gasteiger partial charge in [-0.1, -0.05) is 36.8 Å². The van der Waals surface area contributed by atoms with E-state index in [1.807, 2.05) is 76.2 Å². The summed E-state index contributed by atoms with van der Waals surface area (Å²) in [5.74, 6) is 1.39. The second-order valence-electron chi connectivity index (χ2n) is 6.36. The van der Waals surface area contributed by atoms with Crippen molar-refractivity contribution >= 4 is 5.91 Å². The highest BCUT2D eigenvalue weighted by Gasteiger charge is 2.20. The van der Waals surface area contributed by atoms with E-state index in [1.54, 1.807) is 0 Å². The molecule has 0 unspecified atom stereocenters. The zero-order valence-corrected chi connectivity index (χ0v) is 15.4. The van der Waals surface area contributed by atoms with Crippen LogP contribution in [-0.4, -0.2) is 24.7 Å². The Balaban J connectivity index is 1.84. The van der Waals surface area contributed by atoms with Gasteiger partial charge in [0.25, 0.3) is 5.91 Å². The summed E-state index contributed by atoms with van der Waals surface area (Å²) in [6.07, 6.45) is 0.0920. The molecule has 134 valence electrons. The molecule has 0 radical (unpaired) electrons. The third kappa shape index (κ3) is 6.14. The molecule has 2 atom stereocenters. The molecule has 0 saturated carbocycles. The van der Waals surface area contributed by atoms with Gasteiger partial charge in [0.05, 0.1) is 6.04 Å². The predicted molar refractivity (Wildman–Crippen MR) is 100 cm³/mol. The predicted octanol–water partition coefficient (Wildman–Crippen LogP) is 4.04. The molecule has 4 heteroatoms. The van der Waals surface area contributed by atoms with Crippen molar-refractivity contribution in [2.45, 2.75) is 46.3 Å². The summed E-state index contributed by atoms with van der Waals surface area (Å²) in [4.78, 5) is 12.4. The number of hydrogen-bond acceptors (Lipinski definition) is 3. The maximum atomic E-state index is 12.4. The van der Waals surface area contributed by atoms with Crippen LogP contribution in [0, 0.1) is 13.8 Å². The topological polar surface area (TPSA) is 47.6 Å². The lowest BCUT2D eigenvalue weighted by Gasteiger charge is -2.21. The quantitative estimate of drug-likeness (QED) is 0.788. The molecule has 4 nitrogen and oxygen atoms in total. The molecule has 0 aliphatic carbocycles. The highest BCUT2D eigenvalue weighted by Crippen LogP contribution is 2.16. The van der Waals surface area contributed by atoms with Gasteiger partial charge in [0, 0.05) is 0 Å². The van der Waals surface area contributed by atoms with Crippen LogP contribution in [0.25, 0.3) is 0 Å². The first-order chi connectivity index (χ1) is 12.0. The first-order valence-corrected chi connectivity index (χ1v) is 8.71. The minimum atomic E-state index is -0.511. The normalized spacial score (nSPS) is 13.0. The average Bonchev–Trinajstić information content (AvgIpc) is 2.59. The number of carbonyl (C=O) groups excluding carboxylic acids is 1. The van der Waals surface area contributed by atoms with Crippen LogP contribution in [0.1, 0.15) is 31.4 Å². The number of aryl methyl sites for hydroxylation is 2. The van der Waals surface area contributed by atoms with E-state index in [4.69, 9.17) is 9.47 Å². The molecule has 0 saturated heterocycles. The van der Waals surface area contributed by atoms with Gasteiger partial charge in [-0.3, -0.25) is 4.79 Å². The molecule has 2 aromatic carbocycles. The van der Waals surface area contributed by atoms with E-state index in [0.717, 1.165) is 11.3 Å². The number of amides is 1. The summed E-state index contributed by atoms with van der Waals surface area (Å²) in [5, 5.41) is 2.96. The van der Waals surface area contributed by atoms with Gasteiger partial charge in [-0.15, -0.1) is 0 Å². The Morgan fingerprint density at radius 2 is 1.76 bits per heavy atom. The van der Waals surface area contributed by atoms with Gasteiger partial charge in [0.1, 0.15) is 18.1 Å². The highest BCUT2D eigenvalue weighted by molar-refractivity contribution is 5.81. The fraction of sp³-hybridized carbons (Fsp3) is 0.381. The second kappa shape index (κ2) is 9.11. The number of carbonyl (C=O) groups is 1. The standard InChI is InChI=1S/C21H27NO3/c1-5-20(25-19-8-6-7-16(3)13-19)21(23)22-17(4)14-24-18-11-9-15(2)10-12-18/h6-13,17,20H,5,14H2,1-4H3,(H,22,23)/t17-,20-/m0/s1. The van der Waals surface area contributed by atoms with Crippen LogP contribution >= 0.6 is 0 Å². The van der Waals surface area contributed by atoms with Crippen molar-refractivity contribution in [3.63, 3.8) is 0 Å². The fourth-order valence-corrected chi connectivity index (χ4v) is 2.41. The first kappa shape index (κ1) is 18.8. The third-order valence-electron chi connectivity index (χ3n) is 3.84. The Bertz CT molecular complexity index is 682. The van der Waals surface area contributed by atoms with Gasteiger partial charge in [0.15, 0.2) is 6.10 Å². The van der Waals surface area contributed by atoms with Gasteiger partial charge in [-0.25, -0.2) is 0 Å². The van der Waals surface area contributed by atoms with E-state index in [9.17, 15) is 4.79 Å².